The van der Waals surface area contributed by atoms with Gasteiger partial charge in [-0.25, -0.2) is 0 Å². The first-order chi connectivity index (χ1) is 15.1. The van der Waals surface area contributed by atoms with Crippen molar-refractivity contribution in [1.82, 2.24) is 0 Å². The molecule has 168 valence electrons. The van der Waals surface area contributed by atoms with Crippen molar-refractivity contribution in [2.45, 2.75) is 13.8 Å². The molecule has 0 fully saturated rings. The molecule has 0 saturated carbocycles. The Bertz CT molecular complexity index is 1320. The van der Waals surface area contributed by atoms with E-state index in [2.05, 4.69) is 64.4 Å². The molecule has 0 aliphatic rings. The lowest BCUT2D eigenvalue weighted by molar-refractivity contribution is -0.132. The molecular formula is C19H10Br4O9. The highest BCUT2D eigenvalue weighted by Gasteiger charge is 2.28. The Labute approximate surface area is 213 Å². The van der Waals surface area contributed by atoms with Crippen molar-refractivity contribution in [2.75, 3.05) is 0 Å². The smallest absolute Gasteiger partial charge is 0.308 e. The summed E-state index contributed by atoms with van der Waals surface area (Å²) in [6.07, 6.45) is 0. The monoisotopic (exact) mass is 698 g/mol. The number of phenols is 1. The summed E-state index contributed by atoms with van der Waals surface area (Å²) in [6, 6.07) is 3.99. The van der Waals surface area contributed by atoms with Crippen LogP contribution >= 0.6 is 64.4 Å². The van der Waals surface area contributed by atoms with Crippen LogP contribution in [-0.2, 0) is 9.59 Å². The highest BCUT2D eigenvalue weighted by atomic mass is 79.9. The van der Waals surface area contributed by atoms with Crippen LogP contribution in [0.1, 0.15) is 13.8 Å². The molecule has 3 rings (SSSR count). The van der Waals surface area contributed by atoms with Crippen LogP contribution in [0.25, 0.3) is 22.3 Å². The number of benzene rings is 2. The van der Waals surface area contributed by atoms with Gasteiger partial charge in [-0.2, -0.15) is 0 Å². The molecule has 0 radical (unpaired) electrons. The summed E-state index contributed by atoms with van der Waals surface area (Å²) < 4.78 is 26.6. The third-order valence-electron chi connectivity index (χ3n) is 3.97. The zero-order chi connectivity index (χ0) is 23.7. The van der Waals surface area contributed by atoms with Crippen molar-refractivity contribution >= 4 is 87.3 Å². The Morgan fingerprint density at radius 1 is 0.938 bits per heavy atom. The summed E-state index contributed by atoms with van der Waals surface area (Å²) in [7, 11) is 0. The van der Waals surface area contributed by atoms with Gasteiger partial charge in [0.15, 0.2) is 66.9 Å². The van der Waals surface area contributed by atoms with Crippen molar-refractivity contribution in [3.63, 3.8) is 0 Å². The molecular weight excluding hydrogens is 692 g/mol. The van der Waals surface area contributed by atoms with Gasteiger partial charge >= 0.3 is 11.9 Å². The van der Waals surface area contributed by atoms with E-state index in [0.29, 0.717) is 0 Å². The van der Waals surface area contributed by atoms with Gasteiger partial charge in [0.05, 0.1) is 0 Å². The average Bonchev–Trinajstić information content (AvgIpc) is 2.72. The summed E-state index contributed by atoms with van der Waals surface area (Å²) in [5.41, 5.74) is -0.459. The van der Waals surface area contributed by atoms with Gasteiger partial charge in [0, 0.05) is 19.4 Å². The van der Waals surface area contributed by atoms with Crippen LogP contribution in [0.2, 0.25) is 0 Å². The quantitative estimate of drug-likeness (QED) is 0.255. The molecule has 0 aliphatic heterocycles. The fourth-order valence-corrected chi connectivity index (χ4v) is 4.98. The number of halogens is 4. The van der Waals surface area contributed by atoms with Crippen LogP contribution in [0.5, 0.6) is 28.7 Å². The van der Waals surface area contributed by atoms with Crippen LogP contribution in [0.15, 0.2) is 36.4 Å². The van der Waals surface area contributed by atoms with Gasteiger partial charge < -0.3 is 26.7 Å². The molecule has 1 aromatic heterocycles. The average molecular weight is 702 g/mol. The Hall–Kier alpha value is -2.09. The normalized spacial score (nSPS) is 10.7. The first kappa shape index (κ1) is 24.6. The van der Waals surface area contributed by atoms with Crippen LogP contribution < -0.4 is 22.6 Å². The molecule has 13 heteroatoms. The predicted molar refractivity (Wildman–Crippen MR) is 127 cm³/mol. The van der Waals surface area contributed by atoms with E-state index in [0.717, 1.165) is 0 Å². The maximum Gasteiger partial charge on any atom is 0.308 e. The molecule has 9 nitrogen and oxygen atoms in total. The van der Waals surface area contributed by atoms with Crippen molar-refractivity contribution < 1.29 is 36.2 Å². The number of fused-ring (bicyclic) bond motifs is 1. The second kappa shape index (κ2) is 9.81. The van der Waals surface area contributed by atoms with E-state index in [-0.39, 0.29) is 60.0 Å². The zero-order valence-electron chi connectivity index (χ0n) is 16.0. The Morgan fingerprint density at radius 3 is 2.09 bits per heavy atom. The first-order valence-electron chi connectivity index (χ1n) is 8.39. The molecule has 1 N–H and O–H groups in total. The maximum atomic E-state index is 13.3. The van der Waals surface area contributed by atoms with Gasteiger partial charge in [0.2, 0.25) is 11.2 Å². The third kappa shape index (κ3) is 4.51. The van der Waals surface area contributed by atoms with Crippen LogP contribution in [0.4, 0.5) is 0 Å². The lowest BCUT2D eigenvalue weighted by Crippen LogP contribution is -2.09. The number of esters is 2. The Balaban J connectivity index is 2.38. The van der Waals surface area contributed by atoms with E-state index in [4.69, 9.17) is 21.5 Å². The van der Waals surface area contributed by atoms with Gasteiger partial charge in [0.1, 0.15) is 14.3 Å². The second-order valence-electron chi connectivity index (χ2n) is 6.10. The summed E-state index contributed by atoms with van der Waals surface area (Å²) in [4.78, 5) is 36.0. The minimum Gasteiger partial charge on any atom is -0.504 e. The molecule has 3 aromatic rings. The van der Waals surface area contributed by atoms with E-state index >= 15 is 0 Å². The fourth-order valence-electron chi connectivity index (χ4n) is 2.76. The van der Waals surface area contributed by atoms with Gasteiger partial charge in [0.25, 0.3) is 0 Å². The van der Waals surface area contributed by atoms with Crippen LogP contribution in [0.3, 0.4) is 0 Å². The van der Waals surface area contributed by atoms with E-state index in [1.54, 1.807) is 0 Å². The number of rotatable bonds is 5. The summed E-state index contributed by atoms with van der Waals surface area (Å²) >= 11 is 12.2. The molecule has 0 atom stereocenters. The first-order valence-corrected chi connectivity index (χ1v) is 11.3. The second-order valence-corrected chi connectivity index (χ2v) is 8.34. The lowest BCUT2D eigenvalue weighted by Gasteiger charge is -2.15. The van der Waals surface area contributed by atoms with Gasteiger partial charge in [-0.1, -0.05) is 0 Å². The summed E-state index contributed by atoms with van der Waals surface area (Å²) in [5.74, 6) is -2.07. The molecule has 32 heavy (non-hydrogen) atoms. The standard InChI is InChI=1S/C19H10Br4O9/c1-6(24)28-10-4-3-8(5-9(10)26)15-19(32-23)14(27)11-16(30-15)12(20)18(29-7(2)25)13(21)17(11)31-22/h3-5,26H,1-2H3. The number of carbonyl (C=O) groups excluding carboxylic acids is 2. The van der Waals surface area contributed by atoms with Crippen molar-refractivity contribution in [2.24, 2.45) is 0 Å². The van der Waals surface area contributed by atoms with Crippen molar-refractivity contribution in [1.29, 1.82) is 0 Å². The molecule has 0 saturated heterocycles. The third-order valence-corrected chi connectivity index (χ3v) is 6.06. The topological polar surface area (TPSA) is 122 Å². The van der Waals surface area contributed by atoms with Crippen LogP contribution in [-0.4, -0.2) is 17.0 Å². The van der Waals surface area contributed by atoms with E-state index in [1.165, 1.54) is 32.0 Å². The van der Waals surface area contributed by atoms with Crippen LogP contribution in [0, 0.1) is 0 Å². The molecule has 0 unspecified atom stereocenters. The minimum atomic E-state index is -0.646. The summed E-state index contributed by atoms with van der Waals surface area (Å²) in [6.45, 7) is 2.39. The SMILES string of the molecule is CC(=O)Oc1ccc(-c2oc3c(Br)c(OC(C)=O)c(Br)c(OBr)c3c(=O)c2OBr)cc1O. The van der Waals surface area contributed by atoms with Gasteiger partial charge in [-0.15, -0.1) is 0 Å². The number of hydrogen-bond acceptors (Lipinski definition) is 9. The van der Waals surface area contributed by atoms with Gasteiger partial charge in [-0.3, -0.25) is 14.4 Å². The number of phenolic OH excluding ortho intramolecular Hbond substituents is 1. The lowest BCUT2D eigenvalue weighted by atomic mass is 10.1. The number of aromatic hydroxyl groups is 1. The number of ether oxygens (including phenoxy) is 2. The fraction of sp³-hybridized carbons (Fsp3) is 0.105. The molecule has 1 heterocycles. The predicted octanol–water partition coefficient (Wildman–Crippen LogP) is 5.92. The highest BCUT2D eigenvalue weighted by Crippen LogP contribution is 2.49. The van der Waals surface area contributed by atoms with Crippen molar-refractivity contribution in [3.8, 4) is 40.1 Å². The molecule has 2 aromatic carbocycles. The largest absolute Gasteiger partial charge is 0.504 e. The zero-order valence-corrected chi connectivity index (χ0v) is 22.3. The maximum absolute atomic E-state index is 13.3. The van der Waals surface area contributed by atoms with E-state index < -0.39 is 17.4 Å². The number of carbonyl (C=O) groups is 2. The highest BCUT2D eigenvalue weighted by molar-refractivity contribution is 9.11. The van der Waals surface area contributed by atoms with E-state index in [1.807, 2.05) is 0 Å². The Morgan fingerprint density at radius 2 is 1.56 bits per heavy atom. The molecule has 0 aliphatic carbocycles. The number of hydrogen-bond donors (Lipinski definition) is 1. The molecule has 0 bridgehead atoms. The molecule has 0 spiro atoms. The van der Waals surface area contributed by atoms with Gasteiger partial charge in [-0.05, 0) is 50.1 Å². The Kier molecular flexibility index (Phi) is 7.53. The van der Waals surface area contributed by atoms with Crippen molar-refractivity contribution in [3.05, 3.63) is 37.4 Å². The molecule has 0 amide bonds. The minimum absolute atomic E-state index is 0.00844. The van der Waals surface area contributed by atoms with E-state index in [9.17, 15) is 19.5 Å². The summed E-state index contributed by atoms with van der Waals surface area (Å²) in [5, 5.41) is 10.2.